The van der Waals surface area contributed by atoms with Crippen molar-refractivity contribution in [2.24, 2.45) is 7.05 Å². The molecule has 0 atom stereocenters. The lowest BCUT2D eigenvalue weighted by molar-refractivity contribution is 0.0921. The second-order valence-electron chi connectivity index (χ2n) is 6.40. The molecule has 3 aromatic rings. The van der Waals surface area contributed by atoms with E-state index in [4.69, 9.17) is 4.98 Å². The number of nitrogens with one attached hydrogen (secondary N) is 1. The molecule has 3 heterocycles. The van der Waals surface area contributed by atoms with E-state index >= 15 is 0 Å². The van der Waals surface area contributed by atoms with Crippen LogP contribution in [0.25, 0.3) is 10.2 Å². The van der Waals surface area contributed by atoms with Crippen LogP contribution in [0.4, 0.5) is 5.13 Å². The molecule has 1 saturated heterocycles. The average molecular weight is 388 g/mol. The number of aromatic nitrogens is 3. The van der Waals surface area contributed by atoms with Gasteiger partial charge in [0.1, 0.15) is 5.69 Å². The van der Waals surface area contributed by atoms with Gasteiger partial charge < -0.3 is 10.2 Å². The van der Waals surface area contributed by atoms with Gasteiger partial charge in [-0.15, -0.1) is 11.8 Å². The van der Waals surface area contributed by atoms with Gasteiger partial charge in [0.25, 0.3) is 5.91 Å². The number of thiazole rings is 1. The number of rotatable bonds is 4. The SMILES string of the molecule is CSc1ccc2nc(N3CCC(NC(=O)c4ccnn4C)CC3)sc2c1. The number of benzene rings is 1. The predicted octanol–water partition coefficient (Wildman–Crippen LogP) is 3.15. The minimum absolute atomic E-state index is 0.0481. The molecule has 1 aromatic carbocycles. The fourth-order valence-corrected chi connectivity index (χ4v) is 4.80. The number of nitrogens with zero attached hydrogens (tertiary/aromatic N) is 4. The number of amides is 1. The summed E-state index contributed by atoms with van der Waals surface area (Å²) < 4.78 is 2.84. The summed E-state index contributed by atoms with van der Waals surface area (Å²) in [6, 6.07) is 8.38. The molecule has 26 heavy (non-hydrogen) atoms. The van der Waals surface area contributed by atoms with E-state index in [0.717, 1.165) is 36.6 Å². The van der Waals surface area contributed by atoms with Crippen molar-refractivity contribution < 1.29 is 4.79 Å². The first-order valence-corrected chi connectivity index (χ1v) is 10.7. The third-order valence-corrected chi connectivity index (χ3v) is 6.54. The Bertz CT molecular complexity index is 927. The number of hydrogen-bond donors (Lipinski definition) is 1. The highest BCUT2D eigenvalue weighted by molar-refractivity contribution is 7.98. The van der Waals surface area contributed by atoms with Gasteiger partial charge in [0.15, 0.2) is 5.13 Å². The number of piperidine rings is 1. The van der Waals surface area contributed by atoms with Crippen LogP contribution in [0, 0.1) is 0 Å². The van der Waals surface area contributed by atoms with Crippen molar-refractivity contribution in [3.63, 3.8) is 0 Å². The quantitative estimate of drug-likeness (QED) is 0.697. The van der Waals surface area contributed by atoms with Crippen LogP contribution in [0.15, 0.2) is 35.4 Å². The number of aryl methyl sites for hydroxylation is 1. The molecule has 4 rings (SSSR count). The first-order valence-electron chi connectivity index (χ1n) is 8.62. The van der Waals surface area contributed by atoms with Crippen LogP contribution in [-0.2, 0) is 7.05 Å². The second-order valence-corrected chi connectivity index (χ2v) is 8.29. The van der Waals surface area contributed by atoms with Gasteiger partial charge in [-0.05, 0) is 43.4 Å². The Balaban J connectivity index is 1.39. The molecule has 1 aliphatic heterocycles. The van der Waals surface area contributed by atoms with Crippen LogP contribution >= 0.6 is 23.1 Å². The van der Waals surface area contributed by atoms with E-state index in [1.54, 1.807) is 47.1 Å². The Kier molecular flexibility index (Phi) is 4.86. The van der Waals surface area contributed by atoms with Crippen molar-refractivity contribution in [1.82, 2.24) is 20.1 Å². The van der Waals surface area contributed by atoms with E-state index in [0.29, 0.717) is 5.69 Å². The summed E-state index contributed by atoms with van der Waals surface area (Å²) in [4.78, 5) is 20.7. The molecule has 0 saturated carbocycles. The average Bonchev–Trinajstić information content (AvgIpc) is 3.27. The molecule has 1 fully saturated rings. The molecule has 6 nitrogen and oxygen atoms in total. The molecule has 1 N–H and O–H groups in total. The van der Waals surface area contributed by atoms with Crippen molar-refractivity contribution in [3.8, 4) is 0 Å². The lowest BCUT2D eigenvalue weighted by Crippen LogP contribution is -2.45. The van der Waals surface area contributed by atoms with Crippen molar-refractivity contribution in [3.05, 3.63) is 36.2 Å². The third-order valence-electron chi connectivity index (χ3n) is 4.74. The molecule has 8 heteroatoms. The van der Waals surface area contributed by atoms with E-state index in [2.05, 4.69) is 39.8 Å². The van der Waals surface area contributed by atoms with Gasteiger partial charge in [-0.1, -0.05) is 11.3 Å². The minimum Gasteiger partial charge on any atom is -0.348 e. The number of anilines is 1. The van der Waals surface area contributed by atoms with Gasteiger partial charge in [-0.3, -0.25) is 9.48 Å². The summed E-state index contributed by atoms with van der Waals surface area (Å²) in [5.41, 5.74) is 1.66. The van der Waals surface area contributed by atoms with E-state index in [1.807, 2.05) is 0 Å². The maximum absolute atomic E-state index is 12.3. The Morgan fingerprint density at radius 2 is 2.12 bits per heavy atom. The van der Waals surface area contributed by atoms with Gasteiger partial charge >= 0.3 is 0 Å². The third kappa shape index (κ3) is 3.43. The van der Waals surface area contributed by atoms with Crippen LogP contribution in [0.2, 0.25) is 0 Å². The molecule has 2 aromatic heterocycles. The summed E-state index contributed by atoms with van der Waals surface area (Å²) in [6.07, 6.45) is 5.59. The van der Waals surface area contributed by atoms with Gasteiger partial charge in [-0.2, -0.15) is 5.10 Å². The van der Waals surface area contributed by atoms with Gasteiger partial charge in [0.2, 0.25) is 0 Å². The predicted molar refractivity (Wildman–Crippen MR) is 107 cm³/mol. The highest BCUT2D eigenvalue weighted by atomic mass is 32.2. The maximum Gasteiger partial charge on any atom is 0.269 e. The summed E-state index contributed by atoms with van der Waals surface area (Å²) in [5.74, 6) is -0.0481. The van der Waals surface area contributed by atoms with Crippen LogP contribution in [0.3, 0.4) is 0 Å². The zero-order valence-electron chi connectivity index (χ0n) is 14.8. The standard InChI is InChI=1S/C18H21N5OS2/c1-22-15(5-8-19-22)17(24)20-12-6-9-23(10-7-12)18-21-14-4-3-13(25-2)11-16(14)26-18/h3-5,8,11-12H,6-7,9-10H2,1-2H3,(H,20,24). The molecule has 0 bridgehead atoms. The van der Waals surface area contributed by atoms with E-state index in [9.17, 15) is 4.79 Å². The lowest BCUT2D eigenvalue weighted by atomic mass is 10.1. The molecule has 0 aliphatic carbocycles. The normalized spacial score (nSPS) is 15.5. The molecule has 0 unspecified atom stereocenters. The van der Waals surface area contributed by atoms with Crippen molar-refractivity contribution in [2.75, 3.05) is 24.2 Å². The van der Waals surface area contributed by atoms with Gasteiger partial charge in [-0.25, -0.2) is 4.98 Å². The first-order chi connectivity index (χ1) is 12.6. The fourth-order valence-electron chi connectivity index (χ4n) is 3.23. The lowest BCUT2D eigenvalue weighted by Gasteiger charge is -2.32. The number of carbonyl (C=O) groups excluding carboxylic acids is 1. The number of fused-ring (bicyclic) bond motifs is 1. The number of carbonyl (C=O) groups is 1. The summed E-state index contributed by atoms with van der Waals surface area (Å²) in [6.45, 7) is 1.82. The highest BCUT2D eigenvalue weighted by Gasteiger charge is 2.24. The van der Waals surface area contributed by atoms with E-state index in [1.165, 1.54) is 9.60 Å². The Labute approximate surface area is 160 Å². The molecule has 0 radical (unpaired) electrons. The molecular formula is C18H21N5OS2. The Morgan fingerprint density at radius 3 is 2.81 bits per heavy atom. The maximum atomic E-state index is 12.3. The molecule has 136 valence electrons. The topological polar surface area (TPSA) is 63.1 Å². The minimum atomic E-state index is -0.0481. The highest BCUT2D eigenvalue weighted by Crippen LogP contribution is 2.32. The summed E-state index contributed by atoms with van der Waals surface area (Å²) in [7, 11) is 1.78. The zero-order valence-corrected chi connectivity index (χ0v) is 16.4. The molecule has 0 spiro atoms. The van der Waals surface area contributed by atoms with Gasteiger partial charge in [0, 0.05) is 37.3 Å². The van der Waals surface area contributed by atoms with Crippen LogP contribution < -0.4 is 10.2 Å². The summed E-state index contributed by atoms with van der Waals surface area (Å²) >= 11 is 3.50. The zero-order chi connectivity index (χ0) is 18.1. The largest absolute Gasteiger partial charge is 0.348 e. The monoisotopic (exact) mass is 387 g/mol. The van der Waals surface area contributed by atoms with Crippen molar-refractivity contribution in [1.29, 1.82) is 0 Å². The Hall–Kier alpha value is -2.06. The van der Waals surface area contributed by atoms with Crippen molar-refractivity contribution >= 4 is 44.4 Å². The molecule has 1 aliphatic rings. The molecular weight excluding hydrogens is 366 g/mol. The molecule has 1 amide bonds. The Morgan fingerprint density at radius 1 is 1.31 bits per heavy atom. The van der Waals surface area contributed by atoms with Crippen molar-refractivity contribution in [2.45, 2.75) is 23.8 Å². The van der Waals surface area contributed by atoms with Gasteiger partial charge in [0.05, 0.1) is 10.2 Å². The summed E-state index contributed by atoms with van der Waals surface area (Å²) in [5, 5.41) is 8.26. The number of thioether (sulfide) groups is 1. The smallest absolute Gasteiger partial charge is 0.269 e. The van der Waals surface area contributed by atoms with Crippen LogP contribution in [0.1, 0.15) is 23.3 Å². The van der Waals surface area contributed by atoms with E-state index < -0.39 is 0 Å². The first kappa shape index (κ1) is 17.4. The van der Waals surface area contributed by atoms with Crippen LogP contribution in [-0.4, -0.2) is 46.1 Å². The number of hydrogen-bond acceptors (Lipinski definition) is 6. The second kappa shape index (κ2) is 7.28. The van der Waals surface area contributed by atoms with Crippen LogP contribution in [0.5, 0.6) is 0 Å². The van der Waals surface area contributed by atoms with E-state index in [-0.39, 0.29) is 11.9 Å². The fraction of sp³-hybridized carbons (Fsp3) is 0.389.